The highest BCUT2D eigenvalue weighted by molar-refractivity contribution is 5.80. The molecule has 6 nitrogen and oxygen atoms in total. The lowest BCUT2D eigenvalue weighted by molar-refractivity contribution is 0.147. The van der Waals surface area contributed by atoms with E-state index >= 15 is 0 Å². The molecule has 1 unspecified atom stereocenters. The molecule has 0 radical (unpaired) electrons. The molecule has 0 spiro atoms. The highest BCUT2D eigenvalue weighted by Crippen LogP contribution is 2.32. The van der Waals surface area contributed by atoms with Crippen molar-refractivity contribution >= 4 is 12.1 Å². The first-order chi connectivity index (χ1) is 9.85. The van der Waals surface area contributed by atoms with Gasteiger partial charge in [0.1, 0.15) is 0 Å². The van der Waals surface area contributed by atoms with E-state index in [4.69, 9.17) is 4.74 Å². The van der Waals surface area contributed by atoms with Gasteiger partial charge in [-0.1, -0.05) is 0 Å². The van der Waals surface area contributed by atoms with Gasteiger partial charge in [0.05, 0.1) is 19.2 Å². The van der Waals surface area contributed by atoms with Gasteiger partial charge in [0.2, 0.25) is 0 Å². The van der Waals surface area contributed by atoms with Crippen molar-refractivity contribution < 1.29 is 9.53 Å². The van der Waals surface area contributed by atoms with E-state index in [0.717, 1.165) is 25.3 Å². The van der Waals surface area contributed by atoms with Crippen LogP contribution in [0.25, 0.3) is 0 Å². The number of guanidine groups is 1. The Labute approximate surface area is 128 Å². The minimum absolute atomic E-state index is 0.0509. The molecule has 1 aliphatic carbocycles. The number of nitrogens with one attached hydrogen (secondary N) is 3. The summed E-state index contributed by atoms with van der Waals surface area (Å²) in [5.41, 5.74) is -0.0509. The van der Waals surface area contributed by atoms with E-state index in [-0.39, 0.29) is 17.7 Å². The number of alkyl carbamates (subject to hydrolysis) is 1. The van der Waals surface area contributed by atoms with Gasteiger partial charge in [-0.3, -0.25) is 4.99 Å². The average Bonchev–Trinajstić information content (AvgIpc) is 3.17. The van der Waals surface area contributed by atoms with Crippen molar-refractivity contribution in [1.82, 2.24) is 16.0 Å². The fourth-order valence-electron chi connectivity index (χ4n) is 1.99. The predicted molar refractivity (Wildman–Crippen MR) is 85.5 cm³/mol. The van der Waals surface area contributed by atoms with Gasteiger partial charge in [0.15, 0.2) is 5.96 Å². The van der Waals surface area contributed by atoms with Crippen molar-refractivity contribution in [2.24, 2.45) is 10.9 Å². The van der Waals surface area contributed by atoms with Crippen molar-refractivity contribution in [3.8, 4) is 0 Å². The van der Waals surface area contributed by atoms with Gasteiger partial charge in [0, 0.05) is 12.1 Å². The molecule has 0 bridgehead atoms. The lowest BCUT2D eigenvalue weighted by Crippen LogP contribution is -2.48. The molecule has 0 saturated heterocycles. The van der Waals surface area contributed by atoms with Crippen LogP contribution in [0.5, 0.6) is 0 Å². The van der Waals surface area contributed by atoms with E-state index in [1.807, 2.05) is 6.92 Å². The second-order valence-corrected chi connectivity index (χ2v) is 6.40. The van der Waals surface area contributed by atoms with Gasteiger partial charge in [-0.15, -0.1) is 0 Å². The zero-order valence-electron chi connectivity index (χ0n) is 14.0. The Morgan fingerprint density at radius 2 is 2.00 bits per heavy atom. The number of ether oxygens (including phenoxy) is 1. The van der Waals surface area contributed by atoms with E-state index in [0.29, 0.717) is 19.1 Å². The van der Waals surface area contributed by atoms with Crippen LogP contribution in [0.15, 0.2) is 4.99 Å². The summed E-state index contributed by atoms with van der Waals surface area (Å²) in [4.78, 5) is 16.2. The maximum atomic E-state index is 11.6. The van der Waals surface area contributed by atoms with Crippen LogP contribution >= 0.6 is 0 Å². The second kappa shape index (κ2) is 8.10. The van der Waals surface area contributed by atoms with Crippen LogP contribution < -0.4 is 16.0 Å². The van der Waals surface area contributed by atoms with Gasteiger partial charge < -0.3 is 20.7 Å². The number of hydrogen-bond donors (Lipinski definition) is 3. The molecule has 1 rings (SSSR count). The van der Waals surface area contributed by atoms with E-state index in [1.165, 1.54) is 0 Å². The number of nitrogens with zero attached hydrogens (tertiary/aromatic N) is 1. The van der Waals surface area contributed by atoms with Crippen molar-refractivity contribution in [3.05, 3.63) is 0 Å². The number of amides is 1. The molecular weight excluding hydrogens is 268 g/mol. The number of carbonyl (C=O) groups excluding carboxylic acids is 1. The Kier molecular flexibility index (Phi) is 6.78. The molecule has 1 saturated carbocycles. The summed E-state index contributed by atoms with van der Waals surface area (Å²) >= 11 is 0. The van der Waals surface area contributed by atoms with E-state index < -0.39 is 0 Å². The summed E-state index contributed by atoms with van der Waals surface area (Å²) in [6, 6.07) is 0.0551. The Hall–Kier alpha value is -1.46. The van der Waals surface area contributed by atoms with Crippen LogP contribution in [0.3, 0.4) is 0 Å². The standard InChI is InChI=1S/C15H30N4O2/c1-6-16-13(19-15(3,4)5)17-10-12(11-8-9-11)18-14(20)21-7-2/h11-12H,6-10H2,1-5H3,(H,18,20)(H2,16,17,19). The van der Waals surface area contributed by atoms with Crippen LogP contribution in [0.1, 0.15) is 47.5 Å². The number of rotatable bonds is 6. The van der Waals surface area contributed by atoms with E-state index in [2.05, 4.69) is 41.7 Å². The fourth-order valence-corrected chi connectivity index (χ4v) is 1.99. The maximum absolute atomic E-state index is 11.6. The third-order valence-corrected chi connectivity index (χ3v) is 3.05. The molecule has 3 N–H and O–H groups in total. The van der Waals surface area contributed by atoms with Gasteiger partial charge in [0.25, 0.3) is 0 Å². The molecule has 122 valence electrons. The van der Waals surface area contributed by atoms with E-state index in [1.54, 1.807) is 6.92 Å². The third-order valence-electron chi connectivity index (χ3n) is 3.05. The predicted octanol–water partition coefficient (Wildman–Crippen LogP) is 1.86. The summed E-state index contributed by atoms with van der Waals surface area (Å²) in [5.74, 6) is 1.30. The van der Waals surface area contributed by atoms with Crippen LogP contribution in [-0.2, 0) is 4.74 Å². The lowest BCUT2D eigenvalue weighted by atomic mass is 10.1. The quantitative estimate of drug-likeness (QED) is 0.517. The third kappa shape index (κ3) is 7.78. The van der Waals surface area contributed by atoms with Gasteiger partial charge in [-0.25, -0.2) is 4.79 Å². The SMILES string of the molecule is CCNC(=NCC(NC(=O)OCC)C1CC1)NC(C)(C)C. The molecule has 1 aliphatic rings. The first-order valence-electron chi connectivity index (χ1n) is 7.85. The van der Waals surface area contributed by atoms with Crippen LogP contribution in [0.4, 0.5) is 4.79 Å². The Morgan fingerprint density at radius 3 is 2.48 bits per heavy atom. The summed E-state index contributed by atoms with van der Waals surface area (Å²) in [5, 5.41) is 9.49. The van der Waals surface area contributed by atoms with Crippen molar-refractivity contribution in [2.45, 2.75) is 59.0 Å². The zero-order valence-corrected chi connectivity index (χ0v) is 14.0. The zero-order chi connectivity index (χ0) is 15.9. The van der Waals surface area contributed by atoms with E-state index in [9.17, 15) is 4.79 Å². The summed E-state index contributed by atoms with van der Waals surface area (Å²) in [6.45, 7) is 11.9. The Balaban J connectivity index is 2.58. The molecular formula is C15H30N4O2. The molecule has 0 aromatic carbocycles. The molecule has 6 heteroatoms. The molecule has 1 fully saturated rings. The highest BCUT2D eigenvalue weighted by atomic mass is 16.5. The van der Waals surface area contributed by atoms with Crippen molar-refractivity contribution in [2.75, 3.05) is 19.7 Å². The normalized spacial score (nSPS) is 17.1. The second-order valence-electron chi connectivity index (χ2n) is 6.40. The molecule has 21 heavy (non-hydrogen) atoms. The molecule has 0 aliphatic heterocycles. The molecule has 1 atom stereocenters. The number of hydrogen-bond acceptors (Lipinski definition) is 3. The maximum Gasteiger partial charge on any atom is 0.407 e. The highest BCUT2D eigenvalue weighted by Gasteiger charge is 2.32. The molecule has 0 aromatic heterocycles. The molecule has 0 heterocycles. The molecule has 1 amide bonds. The van der Waals surface area contributed by atoms with Crippen molar-refractivity contribution in [3.63, 3.8) is 0 Å². The topological polar surface area (TPSA) is 74.8 Å². The largest absolute Gasteiger partial charge is 0.450 e. The van der Waals surface area contributed by atoms with Crippen LogP contribution in [0, 0.1) is 5.92 Å². The Morgan fingerprint density at radius 1 is 1.33 bits per heavy atom. The Bertz CT molecular complexity index is 359. The first-order valence-corrected chi connectivity index (χ1v) is 7.85. The average molecular weight is 298 g/mol. The minimum Gasteiger partial charge on any atom is -0.450 e. The minimum atomic E-state index is -0.349. The smallest absolute Gasteiger partial charge is 0.407 e. The monoisotopic (exact) mass is 298 g/mol. The van der Waals surface area contributed by atoms with Gasteiger partial charge >= 0.3 is 6.09 Å². The van der Waals surface area contributed by atoms with Crippen LogP contribution in [0.2, 0.25) is 0 Å². The first kappa shape index (κ1) is 17.6. The molecule has 0 aromatic rings. The van der Waals surface area contributed by atoms with Gasteiger partial charge in [-0.2, -0.15) is 0 Å². The van der Waals surface area contributed by atoms with Gasteiger partial charge in [-0.05, 0) is 53.4 Å². The van der Waals surface area contributed by atoms with Crippen LogP contribution in [-0.4, -0.2) is 43.3 Å². The lowest BCUT2D eigenvalue weighted by Gasteiger charge is -2.24. The summed E-state index contributed by atoms with van der Waals surface area (Å²) in [6.07, 6.45) is 1.95. The van der Waals surface area contributed by atoms with Crippen molar-refractivity contribution in [1.29, 1.82) is 0 Å². The summed E-state index contributed by atoms with van der Waals surface area (Å²) in [7, 11) is 0. The number of carbonyl (C=O) groups is 1. The summed E-state index contributed by atoms with van der Waals surface area (Å²) < 4.78 is 4.96. The number of aliphatic imine (C=N–C) groups is 1. The fraction of sp³-hybridized carbons (Fsp3) is 0.867.